The molecular formula is C22H33Cl2NO2S. The minimum atomic E-state index is -3.85. The first-order valence-corrected chi connectivity index (χ1v) is 12.3. The van der Waals surface area contributed by atoms with Crippen molar-refractivity contribution in [3.8, 4) is 0 Å². The van der Waals surface area contributed by atoms with E-state index in [0.717, 1.165) is 25.7 Å². The second-order valence-corrected chi connectivity index (χ2v) is 11.7. The Morgan fingerprint density at radius 3 is 2.18 bits per heavy atom. The molecule has 0 aromatic heterocycles. The van der Waals surface area contributed by atoms with Gasteiger partial charge in [0, 0.05) is 12.1 Å². The number of rotatable bonds is 7. The van der Waals surface area contributed by atoms with E-state index in [9.17, 15) is 8.42 Å². The Hall–Kier alpha value is -0.550. The molecule has 0 spiro atoms. The molecule has 2 rings (SSSR count). The van der Waals surface area contributed by atoms with Gasteiger partial charge in [0.2, 0.25) is 10.0 Å². The summed E-state index contributed by atoms with van der Waals surface area (Å²) < 4.78 is 29.2. The third-order valence-electron chi connectivity index (χ3n) is 5.36. The lowest BCUT2D eigenvalue weighted by Gasteiger charge is -2.37. The summed E-state index contributed by atoms with van der Waals surface area (Å²) in [6, 6.07) is 4.44. The van der Waals surface area contributed by atoms with Crippen LogP contribution in [0.25, 0.3) is 0 Å². The molecule has 2 unspecified atom stereocenters. The highest BCUT2D eigenvalue weighted by atomic mass is 35.5. The summed E-state index contributed by atoms with van der Waals surface area (Å²) in [7, 11) is -3.85. The molecule has 1 aromatic carbocycles. The molecule has 0 radical (unpaired) electrons. The molecule has 6 heteroatoms. The van der Waals surface area contributed by atoms with E-state index in [2.05, 4.69) is 40.7 Å². The van der Waals surface area contributed by atoms with E-state index in [0.29, 0.717) is 5.92 Å². The second-order valence-electron chi connectivity index (χ2n) is 9.15. The first-order chi connectivity index (χ1) is 12.9. The summed E-state index contributed by atoms with van der Waals surface area (Å²) in [4.78, 5) is 0.0165. The van der Waals surface area contributed by atoms with Crippen LogP contribution in [0.15, 0.2) is 34.7 Å². The van der Waals surface area contributed by atoms with E-state index >= 15 is 0 Å². The van der Waals surface area contributed by atoms with Crippen molar-refractivity contribution in [2.45, 2.75) is 84.2 Å². The molecule has 0 fully saturated rings. The highest BCUT2D eigenvalue weighted by Crippen LogP contribution is 2.43. The maximum Gasteiger partial charge on any atom is 0.247 e. The van der Waals surface area contributed by atoms with Gasteiger partial charge in [0.1, 0.15) is 4.90 Å². The molecule has 1 aliphatic rings. The lowest BCUT2D eigenvalue weighted by atomic mass is 9.87. The van der Waals surface area contributed by atoms with Crippen molar-refractivity contribution in [2.24, 2.45) is 11.3 Å². The normalized spacial score (nSPS) is 21.4. The van der Waals surface area contributed by atoms with Gasteiger partial charge in [-0.2, -0.15) is 4.31 Å². The molecule has 3 nitrogen and oxygen atoms in total. The van der Waals surface area contributed by atoms with Gasteiger partial charge in [-0.1, -0.05) is 88.9 Å². The quantitative estimate of drug-likeness (QED) is 0.425. The fraction of sp³-hybridized carbons (Fsp3) is 0.636. The largest absolute Gasteiger partial charge is 0.247 e. The Balaban J connectivity index is 2.51. The van der Waals surface area contributed by atoms with Crippen LogP contribution in [0.1, 0.15) is 67.2 Å². The average Bonchev–Trinajstić information content (AvgIpc) is 2.93. The molecule has 0 aliphatic carbocycles. The smallest absolute Gasteiger partial charge is 0.207 e. The highest BCUT2D eigenvalue weighted by Gasteiger charge is 2.47. The van der Waals surface area contributed by atoms with E-state index in [1.165, 1.54) is 5.57 Å². The molecule has 1 heterocycles. The monoisotopic (exact) mass is 445 g/mol. The average molecular weight is 446 g/mol. The number of nitrogens with zero attached hydrogens (tertiary/aromatic N) is 1. The first-order valence-electron chi connectivity index (χ1n) is 10.1. The lowest BCUT2D eigenvalue weighted by Crippen LogP contribution is -2.47. The van der Waals surface area contributed by atoms with Gasteiger partial charge < -0.3 is 0 Å². The van der Waals surface area contributed by atoms with Crippen LogP contribution < -0.4 is 0 Å². The van der Waals surface area contributed by atoms with Crippen molar-refractivity contribution in [1.82, 2.24) is 4.31 Å². The van der Waals surface area contributed by atoms with Gasteiger partial charge in [0.25, 0.3) is 0 Å². The molecule has 1 aromatic rings. The van der Waals surface area contributed by atoms with Gasteiger partial charge in [-0.15, -0.1) is 0 Å². The third kappa shape index (κ3) is 4.95. The fourth-order valence-electron chi connectivity index (χ4n) is 3.93. The van der Waals surface area contributed by atoms with Crippen molar-refractivity contribution in [2.75, 3.05) is 0 Å². The van der Waals surface area contributed by atoms with Crippen molar-refractivity contribution < 1.29 is 8.42 Å². The zero-order chi connectivity index (χ0) is 21.3. The van der Waals surface area contributed by atoms with Gasteiger partial charge in [-0.05, 0) is 42.7 Å². The first kappa shape index (κ1) is 23.7. The zero-order valence-electron chi connectivity index (χ0n) is 17.8. The summed E-state index contributed by atoms with van der Waals surface area (Å²) in [5.41, 5.74) is 0.975. The highest BCUT2D eigenvalue weighted by molar-refractivity contribution is 7.89. The van der Waals surface area contributed by atoms with E-state index in [-0.39, 0.29) is 32.4 Å². The maximum absolute atomic E-state index is 13.8. The number of hydrogen-bond donors (Lipinski definition) is 0. The summed E-state index contributed by atoms with van der Waals surface area (Å²) in [6.07, 6.45) is 6.03. The van der Waals surface area contributed by atoms with Crippen LogP contribution in [-0.2, 0) is 10.0 Å². The molecule has 158 valence electrons. The van der Waals surface area contributed by atoms with Crippen LogP contribution in [0.5, 0.6) is 0 Å². The molecule has 2 atom stereocenters. The summed E-state index contributed by atoms with van der Waals surface area (Å²) in [5.74, 6) is 0.641. The number of hydrogen-bond acceptors (Lipinski definition) is 2. The lowest BCUT2D eigenvalue weighted by molar-refractivity contribution is 0.207. The Kier molecular flexibility index (Phi) is 7.69. The number of sulfonamides is 1. The summed E-state index contributed by atoms with van der Waals surface area (Å²) in [6.45, 7) is 12.7. The molecule has 0 saturated heterocycles. The Morgan fingerprint density at radius 1 is 1.14 bits per heavy atom. The predicted molar refractivity (Wildman–Crippen MR) is 120 cm³/mol. The third-order valence-corrected chi connectivity index (χ3v) is 8.20. The van der Waals surface area contributed by atoms with Crippen LogP contribution in [0.3, 0.4) is 0 Å². The number of benzene rings is 1. The van der Waals surface area contributed by atoms with E-state index in [1.54, 1.807) is 22.5 Å². The van der Waals surface area contributed by atoms with Crippen molar-refractivity contribution >= 4 is 33.2 Å². The molecule has 0 N–H and O–H groups in total. The fourth-order valence-corrected chi connectivity index (χ4v) is 7.05. The van der Waals surface area contributed by atoms with E-state index in [1.807, 2.05) is 6.92 Å². The minimum Gasteiger partial charge on any atom is -0.207 e. The number of halogens is 2. The van der Waals surface area contributed by atoms with Gasteiger partial charge in [-0.3, -0.25) is 0 Å². The van der Waals surface area contributed by atoms with Gasteiger partial charge in [-0.25, -0.2) is 8.42 Å². The van der Waals surface area contributed by atoms with Crippen molar-refractivity contribution in [3.05, 3.63) is 39.9 Å². The zero-order valence-corrected chi connectivity index (χ0v) is 20.1. The standard InChI is InChI=1S/C22H33Cl2NO2S/c1-7-19-16(11-8-10-15(2)3)14-20(22(4,5)6)25(19)28(26,27)21-17(23)12-9-13-18(21)24/h9,12-15,19-20H,7-8,10-11H2,1-6H3. The molecule has 0 saturated carbocycles. The van der Waals surface area contributed by atoms with E-state index in [4.69, 9.17) is 23.2 Å². The van der Waals surface area contributed by atoms with Crippen molar-refractivity contribution in [1.29, 1.82) is 0 Å². The van der Waals surface area contributed by atoms with Gasteiger partial charge in [0.05, 0.1) is 10.0 Å². The van der Waals surface area contributed by atoms with Crippen LogP contribution in [0.2, 0.25) is 10.0 Å². The topological polar surface area (TPSA) is 37.4 Å². The Labute approximate surface area is 181 Å². The van der Waals surface area contributed by atoms with Crippen LogP contribution in [0, 0.1) is 11.3 Å². The molecular weight excluding hydrogens is 413 g/mol. The predicted octanol–water partition coefficient (Wildman–Crippen LogP) is 6.94. The Morgan fingerprint density at radius 2 is 1.71 bits per heavy atom. The van der Waals surface area contributed by atoms with Crippen LogP contribution in [0.4, 0.5) is 0 Å². The van der Waals surface area contributed by atoms with Gasteiger partial charge >= 0.3 is 0 Å². The van der Waals surface area contributed by atoms with Crippen molar-refractivity contribution in [3.63, 3.8) is 0 Å². The molecule has 28 heavy (non-hydrogen) atoms. The SMILES string of the molecule is CCC1C(CCCC(C)C)=CC(C(C)(C)C)N1S(=O)(=O)c1c(Cl)cccc1Cl. The molecule has 0 amide bonds. The molecule has 1 aliphatic heterocycles. The second kappa shape index (κ2) is 9.07. The summed E-state index contributed by atoms with van der Waals surface area (Å²) >= 11 is 12.6. The van der Waals surface area contributed by atoms with Gasteiger partial charge in [0.15, 0.2) is 0 Å². The van der Waals surface area contributed by atoms with E-state index < -0.39 is 10.0 Å². The molecule has 0 bridgehead atoms. The summed E-state index contributed by atoms with van der Waals surface area (Å²) in [5, 5.41) is 0.339. The maximum atomic E-state index is 13.8. The minimum absolute atomic E-state index is 0.0165. The van der Waals surface area contributed by atoms with Crippen LogP contribution >= 0.6 is 23.2 Å². The Bertz CT molecular complexity index is 805. The van der Waals surface area contributed by atoms with Crippen LogP contribution in [-0.4, -0.2) is 24.8 Å².